The van der Waals surface area contributed by atoms with E-state index in [1.807, 2.05) is 0 Å². The summed E-state index contributed by atoms with van der Waals surface area (Å²) in [6, 6.07) is 9.99. The lowest BCUT2D eigenvalue weighted by Crippen LogP contribution is -2.36. The number of rotatable bonds is 6. The fraction of sp³-hybridized carbons (Fsp3) is 0.278. The highest BCUT2D eigenvalue weighted by Crippen LogP contribution is 2.30. The van der Waals surface area contributed by atoms with Crippen molar-refractivity contribution in [2.45, 2.75) is 24.2 Å². The first kappa shape index (κ1) is 20.9. The Labute approximate surface area is 165 Å². The van der Waals surface area contributed by atoms with Gasteiger partial charge in [-0.05, 0) is 36.2 Å². The van der Waals surface area contributed by atoms with Gasteiger partial charge in [-0.25, -0.2) is 13.6 Å². The van der Waals surface area contributed by atoms with Crippen molar-refractivity contribution in [3.63, 3.8) is 0 Å². The van der Waals surface area contributed by atoms with Crippen molar-refractivity contribution in [3.8, 4) is 5.75 Å². The Morgan fingerprint density at radius 1 is 1.21 bits per heavy atom. The molecule has 156 valence electrons. The number of anilines is 1. The number of nitrogens with two attached hydrogens (primary N) is 1. The van der Waals surface area contributed by atoms with Crippen LogP contribution in [0.2, 0.25) is 0 Å². The Balaban J connectivity index is 1.63. The van der Waals surface area contributed by atoms with Crippen LogP contribution in [-0.4, -0.2) is 33.8 Å². The SMILES string of the molecule is NS(=O)(=O)c1ccc2c(c1)CCN2CC(=O)NCc1ccccc1OC(F)(F)F. The fourth-order valence-electron chi connectivity index (χ4n) is 3.08. The molecule has 0 fully saturated rings. The zero-order valence-corrected chi connectivity index (χ0v) is 15.9. The van der Waals surface area contributed by atoms with Crippen molar-refractivity contribution in [1.82, 2.24) is 5.32 Å². The average molecular weight is 429 g/mol. The summed E-state index contributed by atoms with van der Waals surface area (Å²) in [6.45, 7) is 0.352. The van der Waals surface area contributed by atoms with Gasteiger partial charge in [-0.15, -0.1) is 13.2 Å². The number of nitrogens with zero attached hydrogens (tertiary/aromatic N) is 1. The van der Waals surface area contributed by atoms with Crippen molar-refractivity contribution in [2.75, 3.05) is 18.0 Å². The number of benzene rings is 2. The molecule has 0 atom stereocenters. The zero-order valence-electron chi connectivity index (χ0n) is 15.1. The number of alkyl halides is 3. The molecule has 0 spiro atoms. The van der Waals surface area contributed by atoms with Crippen LogP contribution < -0.4 is 20.1 Å². The van der Waals surface area contributed by atoms with Crippen LogP contribution in [0.25, 0.3) is 0 Å². The van der Waals surface area contributed by atoms with Gasteiger partial charge in [0, 0.05) is 24.3 Å². The van der Waals surface area contributed by atoms with Crippen molar-refractivity contribution in [3.05, 3.63) is 53.6 Å². The number of hydrogen-bond acceptors (Lipinski definition) is 5. The van der Waals surface area contributed by atoms with E-state index >= 15 is 0 Å². The van der Waals surface area contributed by atoms with E-state index in [9.17, 15) is 26.4 Å². The first-order valence-corrected chi connectivity index (χ1v) is 10.1. The molecule has 0 saturated carbocycles. The summed E-state index contributed by atoms with van der Waals surface area (Å²) in [5.74, 6) is -0.766. The molecule has 0 radical (unpaired) electrons. The molecular weight excluding hydrogens is 411 g/mol. The molecule has 0 aliphatic carbocycles. The topological polar surface area (TPSA) is 102 Å². The number of hydrogen-bond donors (Lipinski definition) is 2. The van der Waals surface area contributed by atoms with Crippen LogP contribution in [0.4, 0.5) is 18.9 Å². The van der Waals surface area contributed by atoms with Crippen LogP contribution in [0.15, 0.2) is 47.4 Å². The van der Waals surface area contributed by atoms with Gasteiger partial charge in [0.1, 0.15) is 5.75 Å². The quantitative estimate of drug-likeness (QED) is 0.731. The Morgan fingerprint density at radius 2 is 1.93 bits per heavy atom. The molecule has 2 aromatic rings. The number of primary sulfonamides is 1. The highest BCUT2D eigenvalue weighted by atomic mass is 32.2. The number of para-hydroxylation sites is 1. The predicted octanol–water partition coefficient (Wildman–Crippen LogP) is 1.91. The van der Waals surface area contributed by atoms with Crippen LogP contribution in [0.3, 0.4) is 0 Å². The molecule has 29 heavy (non-hydrogen) atoms. The number of sulfonamides is 1. The van der Waals surface area contributed by atoms with Gasteiger partial charge in [0.2, 0.25) is 15.9 Å². The summed E-state index contributed by atoms with van der Waals surface area (Å²) in [7, 11) is -3.81. The van der Waals surface area contributed by atoms with E-state index in [1.54, 1.807) is 17.0 Å². The van der Waals surface area contributed by atoms with Crippen molar-refractivity contribution in [2.24, 2.45) is 5.14 Å². The number of amides is 1. The zero-order chi connectivity index (χ0) is 21.2. The van der Waals surface area contributed by atoms with Gasteiger partial charge >= 0.3 is 6.36 Å². The molecular formula is C18H18F3N3O4S. The second kappa shape index (κ2) is 7.91. The van der Waals surface area contributed by atoms with Crippen molar-refractivity contribution >= 4 is 21.6 Å². The van der Waals surface area contributed by atoms with Gasteiger partial charge in [0.25, 0.3) is 0 Å². The average Bonchev–Trinajstić information content (AvgIpc) is 3.01. The van der Waals surface area contributed by atoms with E-state index in [0.29, 0.717) is 18.7 Å². The molecule has 1 aliphatic rings. The maximum atomic E-state index is 12.5. The Kier molecular flexibility index (Phi) is 5.71. The maximum Gasteiger partial charge on any atom is 0.573 e. The lowest BCUT2D eigenvalue weighted by molar-refractivity contribution is -0.274. The molecule has 0 bridgehead atoms. The second-order valence-corrected chi connectivity index (χ2v) is 8.00. The molecule has 1 amide bonds. The smallest absolute Gasteiger partial charge is 0.405 e. The number of carbonyl (C=O) groups is 1. The van der Waals surface area contributed by atoms with Crippen LogP contribution >= 0.6 is 0 Å². The van der Waals surface area contributed by atoms with Crippen molar-refractivity contribution < 1.29 is 31.1 Å². The van der Waals surface area contributed by atoms with Crippen LogP contribution in [-0.2, 0) is 27.8 Å². The number of ether oxygens (including phenoxy) is 1. The van der Waals surface area contributed by atoms with Crippen molar-refractivity contribution in [1.29, 1.82) is 0 Å². The monoisotopic (exact) mass is 429 g/mol. The van der Waals surface area contributed by atoms with E-state index < -0.39 is 22.3 Å². The van der Waals surface area contributed by atoms with Gasteiger partial charge in [-0.1, -0.05) is 18.2 Å². The molecule has 0 saturated heterocycles. The summed E-state index contributed by atoms with van der Waals surface area (Å²) in [4.78, 5) is 14.0. The third-order valence-corrected chi connectivity index (χ3v) is 5.29. The van der Waals surface area contributed by atoms with Gasteiger partial charge in [0.15, 0.2) is 0 Å². The second-order valence-electron chi connectivity index (χ2n) is 6.44. The third-order valence-electron chi connectivity index (χ3n) is 4.38. The van der Waals surface area contributed by atoms with E-state index in [4.69, 9.17) is 5.14 Å². The normalized spacial score (nSPS) is 13.9. The Morgan fingerprint density at radius 3 is 2.62 bits per heavy atom. The van der Waals surface area contributed by atoms with E-state index in [-0.39, 0.29) is 29.3 Å². The highest BCUT2D eigenvalue weighted by Gasteiger charge is 2.32. The number of halogens is 3. The minimum absolute atomic E-state index is 0.00354. The summed E-state index contributed by atoms with van der Waals surface area (Å²) in [5.41, 5.74) is 1.67. The minimum Gasteiger partial charge on any atom is -0.405 e. The number of carbonyl (C=O) groups excluding carboxylic acids is 1. The molecule has 3 N–H and O–H groups in total. The van der Waals surface area contributed by atoms with Gasteiger partial charge in [-0.2, -0.15) is 0 Å². The summed E-state index contributed by atoms with van der Waals surface area (Å²) < 4.78 is 64.3. The van der Waals surface area contributed by atoms with Crippen LogP contribution in [0.1, 0.15) is 11.1 Å². The first-order chi connectivity index (χ1) is 13.5. The largest absolute Gasteiger partial charge is 0.573 e. The lowest BCUT2D eigenvalue weighted by Gasteiger charge is -2.19. The first-order valence-electron chi connectivity index (χ1n) is 8.54. The molecule has 0 aromatic heterocycles. The molecule has 1 aliphatic heterocycles. The summed E-state index contributed by atoms with van der Waals surface area (Å²) in [5, 5.41) is 7.70. The Hall–Kier alpha value is -2.79. The van der Waals surface area contributed by atoms with E-state index in [0.717, 1.165) is 5.56 Å². The molecule has 7 nitrogen and oxygen atoms in total. The fourth-order valence-corrected chi connectivity index (χ4v) is 3.65. The lowest BCUT2D eigenvalue weighted by atomic mass is 10.2. The summed E-state index contributed by atoms with van der Waals surface area (Å²) in [6.07, 6.45) is -4.27. The third kappa shape index (κ3) is 5.39. The molecule has 11 heteroatoms. The predicted molar refractivity (Wildman–Crippen MR) is 98.7 cm³/mol. The van der Waals surface area contributed by atoms with E-state index in [2.05, 4.69) is 10.1 Å². The molecule has 1 heterocycles. The van der Waals surface area contributed by atoms with Gasteiger partial charge in [-0.3, -0.25) is 4.79 Å². The summed E-state index contributed by atoms with van der Waals surface area (Å²) >= 11 is 0. The maximum absolute atomic E-state index is 12.5. The molecule has 3 rings (SSSR count). The van der Waals surface area contributed by atoms with Gasteiger partial charge in [0.05, 0.1) is 11.4 Å². The van der Waals surface area contributed by atoms with Gasteiger partial charge < -0.3 is 15.0 Å². The molecule has 0 unspecified atom stereocenters. The highest BCUT2D eigenvalue weighted by molar-refractivity contribution is 7.89. The standard InChI is InChI=1S/C18H18F3N3O4S/c19-18(20,21)28-16-4-2-1-3-13(16)10-23-17(25)11-24-8-7-12-9-14(29(22,26)27)5-6-15(12)24/h1-6,9H,7-8,10-11H2,(H,23,25)(H2,22,26,27). The number of fused-ring (bicyclic) bond motifs is 1. The van der Waals surface area contributed by atoms with Crippen LogP contribution in [0.5, 0.6) is 5.75 Å². The number of nitrogens with one attached hydrogen (secondary N) is 1. The minimum atomic E-state index is -4.82. The Bertz CT molecular complexity index is 1030. The van der Waals surface area contributed by atoms with Crippen LogP contribution in [0, 0.1) is 0 Å². The van der Waals surface area contributed by atoms with E-state index in [1.165, 1.54) is 30.3 Å². The molecule has 2 aromatic carbocycles.